The number of aryl methyl sites for hydroxylation is 1. The van der Waals surface area contributed by atoms with Crippen LogP contribution in [0.15, 0.2) is 42.3 Å². The van der Waals surface area contributed by atoms with Gasteiger partial charge in [0.15, 0.2) is 0 Å². The molecule has 0 fully saturated rings. The summed E-state index contributed by atoms with van der Waals surface area (Å²) in [5, 5.41) is 0.942. The van der Waals surface area contributed by atoms with Gasteiger partial charge in [0.1, 0.15) is 0 Å². The van der Waals surface area contributed by atoms with Crippen molar-refractivity contribution in [1.82, 2.24) is 4.72 Å². The number of sulfonamides is 1. The summed E-state index contributed by atoms with van der Waals surface area (Å²) in [6.45, 7) is 7.03. The van der Waals surface area contributed by atoms with E-state index in [9.17, 15) is 8.42 Å². The van der Waals surface area contributed by atoms with Crippen LogP contribution in [0.2, 0.25) is 0 Å². The van der Waals surface area contributed by atoms with E-state index in [2.05, 4.69) is 11.3 Å². The van der Waals surface area contributed by atoms with Gasteiger partial charge in [-0.2, -0.15) is 0 Å². The van der Waals surface area contributed by atoms with E-state index < -0.39 is 15.6 Å². The lowest BCUT2D eigenvalue weighted by atomic mass is 9.97. The van der Waals surface area contributed by atoms with Crippen LogP contribution in [-0.4, -0.2) is 14.0 Å². The molecule has 1 rings (SSSR count). The van der Waals surface area contributed by atoms with Crippen LogP contribution in [0, 0.1) is 0 Å². The normalized spacial score (nSPS) is 12.4. The fraction of sp³-hybridized carbons (Fsp3) is 0.385. The molecule has 0 aliphatic heterocycles. The zero-order chi connectivity index (χ0) is 12.9. The van der Waals surface area contributed by atoms with Crippen molar-refractivity contribution in [1.29, 1.82) is 0 Å². The highest BCUT2D eigenvalue weighted by molar-refractivity contribution is 7.92. The van der Waals surface area contributed by atoms with Crippen LogP contribution >= 0.6 is 0 Å². The second-order valence-electron chi connectivity index (χ2n) is 4.68. The largest absolute Gasteiger partial charge is 0.233 e. The molecule has 4 heteroatoms. The predicted molar refractivity (Wildman–Crippen MR) is 71.1 cm³/mol. The van der Waals surface area contributed by atoms with Crippen LogP contribution in [0.4, 0.5) is 0 Å². The van der Waals surface area contributed by atoms with Crippen LogP contribution in [0.3, 0.4) is 0 Å². The molecule has 17 heavy (non-hydrogen) atoms. The molecule has 0 saturated heterocycles. The summed E-state index contributed by atoms with van der Waals surface area (Å²) in [7, 11) is -3.37. The second-order valence-corrected chi connectivity index (χ2v) is 6.31. The van der Waals surface area contributed by atoms with Gasteiger partial charge in [0, 0.05) is 10.9 Å². The topological polar surface area (TPSA) is 46.2 Å². The standard InChI is InChI=1S/C13H19NO2S/c1-4-17(15,16)14-13(2,3)11-10-12-8-6-5-7-9-12/h4-9,14H,1,10-11H2,2-3H3. The fourth-order valence-corrected chi connectivity index (χ4v) is 2.53. The van der Waals surface area contributed by atoms with Gasteiger partial charge < -0.3 is 0 Å². The molecule has 0 bridgehead atoms. The molecule has 0 atom stereocenters. The quantitative estimate of drug-likeness (QED) is 0.846. The summed E-state index contributed by atoms with van der Waals surface area (Å²) in [4.78, 5) is 0. The van der Waals surface area contributed by atoms with E-state index in [0.717, 1.165) is 18.2 Å². The first kappa shape index (κ1) is 13.9. The third-order valence-electron chi connectivity index (χ3n) is 2.52. The Morgan fingerprint density at radius 3 is 2.41 bits per heavy atom. The molecule has 0 radical (unpaired) electrons. The highest BCUT2D eigenvalue weighted by Gasteiger charge is 2.22. The zero-order valence-electron chi connectivity index (χ0n) is 10.3. The van der Waals surface area contributed by atoms with E-state index in [4.69, 9.17) is 0 Å². The minimum atomic E-state index is -3.37. The molecule has 0 amide bonds. The maximum Gasteiger partial charge on any atom is 0.233 e. The Bertz CT molecular complexity index is 463. The van der Waals surface area contributed by atoms with Crippen molar-refractivity contribution in [3.63, 3.8) is 0 Å². The molecule has 3 nitrogen and oxygen atoms in total. The molecule has 0 aliphatic carbocycles. The summed E-state index contributed by atoms with van der Waals surface area (Å²) in [5.74, 6) is 0. The predicted octanol–water partition coefficient (Wildman–Crippen LogP) is 2.46. The fourth-order valence-electron chi connectivity index (χ4n) is 1.58. The lowest BCUT2D eigenvalue weighted by molar-refractivity contribution is 0.425. The first-order valence-corrected chi connectivity index (χ1v) is 7.10. The average Bonchev–Trinajstić information content (AvgIpc) is 2.27. The Morgan fingerprint density at radius 2 is 1.88 bits per heavy atom. The van der Waals surface area contributed by atoms with Gasteiger partial charge in [-0.15, -0.1) is 0 Å². The van der Waals surface area contributed by atoms with Crippen LogP contribution in [0.5, 0.6) is 0 Å². The molecular weight excluding hydrogens is 234 g/mol. The van der Waals surface area contributed by atoms with Gasteiger partial charge in [-0.25, -0.2) is 13.1 Å². The monoisotopic (exact) mass is 253 g/mol. The maximum absolute atomic E-state index is 11.4. The Morgan fingerprint density at radius 1 is 1.29 bits per heavy atom. The number of benzene rings is 1. The maximum atomic E-state index is 11.4. The molecule has 0 heterocycles. The SMILES string of the molecule is C=CS(=O)(=O)NC(C)(C)CCc1ccccc1. The van der Waals surface area contributed by atoms with Gasteiger partial charge in [0.25, 0.3) is 0 Å². The summed E-state index contributed by atoms with van der Waals surface area (Å²) in [5.41, 5.74) is 0.737. The Labute approximate surface area is 104 Å². The number of rotatable bonds is 6. The first-order chi connectivity index (χ1) is 7.85. The molecular formula is C13H19NO2S. The van der Waals surface area contributed by atoms with E-state index in [0.29, 0.717) is 0 Å². The Hall–Kier alpha value is -1.13. The van der Waals surface area contributed by atoms with Crippen molar-refractivity contribution in [3.05, 3.63) is 47.9 Å². The molecule has 0 aromatic heterocycles. The van der Waals surface area contributed by atoms with Gasteiger partial charge in [-0.05, 0) is 32.3 Å². The van der Waals surface area contributed by atoms with Crippen molar-refractivity contribution in [2.75, 3.05) is 0 Å². The number of hydrogen-bond donors (Lipinski definition) is 1. The number of hydrogen-bond acceptors (Lipinski definition) is 2. The molecule has 94 valence electrons. The van der Waals surface area contributed by atoms with Gasteiger partial charge >= 0.3 is 0 Å². The first-order valence-electron chi connectivity index (χ1n) is 5.55. The van der Waals surface area contributed by atoms with Crippen molar-refractivity contribution >= 4 is 10.0 Å². The third kappa shape index (κ3) is 5.15. The van der Waals surface area contributed by atoms with Crippen LogP contribution in [0.25, 0.3) is 0 Å². The lowest BCUT2D eigenvalue weighted by Gasteiger charge is -2.25. The van der Waals surface area contributed by atoms with Gasteiger partial charge in [-0.1, -0.05) is 36.9 Å². The van der Waals surface area contributed by atoms with Gasteiger partial charge in [-0.3, -0.25) is 0 Å². The molecule has 0 aliphatic rings. The van der Waals surface area contributed by atoms with Crippen LogP contribution in [0.1, 0.15) is 25.8 Å². The van der Waals surface area contributed by atoms with Crippen molar-refractivity contribution in [3.8, 4) is 0 Å². The summed E-state index contributed by atoms with van der Waals surface area (Å²) < 4.78 is 25.4. The zero-order valence-corrected chi connectivity index (χ0v) is 11.1. The van der Waals surface area contributed by atoms with E-state index in [1.54, 1.807) is 0 Å². The number of nitrogens with one attached hydrogen (secondary N) is 1. The molecule has 1 aromatic rings. The lowest BCUT2D eigenvalue weighted by Crippen LogP contribution is -2.42. The molecule has 0 saturated carbocycles. The summed E-state index contributed by atoms with van der Waals surface area (Å²) in [6.07, 6.45) is 1.58. The smallest absolute Gasteiger partial charge is 0.208 e. The highest BCUT2D eigenvalue weighted by Crippen LogP contribution is 2.14. The molecule has 0 spiro atoms. The van der Waals surface area contributed by atoms with E-state index in [1.165, 1.54) is 5.56 Å². The Balaban J connectivity index is 2.59. The Kier molecular flexibility index (Phi) is 4.48. The van der Waals surface area contributed by atoms with E-state index >= 15 is 0 Å². The van der Waals surface area contributed by atoms with Crippen molar-refractivity contribution in [2.45, 2.75) is 32.2 Å². The minimum Gasteiger partial charge on any atom is -0.208 e. The second kappa shape index (κ2) is 5.47. The van der Waals surface area contributed by atoms with Crippen LogP contribution in [-0.2, 0) is 16.4 Å². The van der Waals surface area contributed by atoms with Gasteiger partial charge in [0.2, 0.25) is 10.0 Å². The highest BCUT2D eigenvalue weighted by atomic mass is 32.2. The summed E-state index contributed by atoms with van der Waals surface area (Å²) >= 11 is 0. The van der Waals surface area contributed by atoms with Gasteiger partial charge in [0.05, 0.1) is 0 Å². The third-order valence-corrected chi connectivity index (χ3v) is 3.80. The molecule has 1 aromatic carbocycles. The molecule has 0 unspecified atom stereocenters. The molecule has 1 N–H and O–H groups in total. The van der Waals surface area contributed by atoms with Crippen LogP contribution < -0.4 is 4.72 Å². The van der Waals surface area contributed by atoms with E-state index in [1.807, 2.05) is 44.2 Å². The average molecular weight is 253 g/mol. The van der Waals surface area contributed by atoms with Crippen molar-refractivity contribution < 1.29 is 8.42 Å². The van der Waals surface area contributed by atoms with Crippen molar-refractivity contribution in [2.24, 2.45) is 0 Å². The summed E-state index contributed by atoms with van der Waals surface area (Å²) in [6, 6.07) is 10.0. The minimum absolute atomic E-state index is 0.469. The van der Waals surface area contributed by atoms with E-state index in [-0.39, 0.29) is 0 Å².